The van der Waals surface area contributed by atoms with E-state index in [9.17, 15) is 17.6 Å². The van der Waals surface area contributed by atoms with Crippen molar-refractivity contribution < 1.29 is 22.3 Å². The second kappa shape index (κ2) is 8.32. The van der Waals surface area contributed by atoms with E-state index in [1.165, 1.54) is 30.6 Å². The standard InChI is InChI=1S/C21H16FN3O4S2/c1-29-19-9-5-15(24-21(26)13-2-8-17-20(10-13)30-12-23-17)11-18(19)25-31(27,28)16-6-3-14(22)4-7-16/h2-12,25H,1H3,(H,24,26). The number of nitrogens with zero attached hydrogens (tertiary/aromatic N) is 1. The van der Waals surface area contributed by atoms with Crippen LogP contribution in [0.3, 0.4) is 0 Å². The average Bonchev–Trinajstić information content (AvgIpc) is 3.22. The van der Waals surface area contributed by atoms with Gasteiger partial charge in [0.25, 0.3) is 15.9 Å². The first-order valence-electron chi connectivity index (χ1n) is 8.97. The van der Waals surface area contributed by atoms with Crippen LogP contribution in [0.5, 0.6) is 5.75 Å². The van der Waals surface area contributed by atoms with E-state index in [-0.39, 0.29) is 22.2 Å². The number of benzene rings is 3. The first kappa shape index (κ1) is 20.8. The highest BCUT2D eigenvalue weighted by Gasteiger charge is 2.18. The van der Waals surface area contributed by atoms with Gasteiger partial charge in [-0.05, 0) is 60.7 Å². The van der Waals surface area contributed by atoms with E-state index < -0.39 is 15.8 Å². The van der Waals surface area contributed by atoms with E-state index >= 15 is 0 Å². The van der Waals surface area contributed by atoms with Crippen molar-refractivity contribution in [2.24, 2.45) is 0 Å². The SMILES string of the molecule is COc1ccc(NC(=O)c2ccc3ncsc3c2)cc1NS(=O)(=O)c1ccc(F)cc1. The molecule has 10 heteroatoms. The van der Waals surface area contributed by atoms with E-state index in [0.29, 0.717) is 11.3 Å². The largest absolute Gasteiger partial charge is 0.495 e. The van der Waals surface area contributed by atoms with Crippen molar-refractivity contribution in [2.45, 2.75) is 4.90 Å². The fraction of sp³-hybridized carbons (Fsp3) is 0.0476. The van der Waals surface area contributed by atoms with Crippen molar-refractivity contribution >= 4 is 48.9 Å². The van der Waals surface area contributed by atoms with Crippen molar-refractivity contribution in [2.75, 3.05) is 17.1 Å². The Bertz CT molecular complexity index is 1370. The van der Waals surface area contributed by atoms with E-state index in [0.717, 1.165) is 34.5 Å². The minimum absolute atomic E-state index is 0.108. The summed E-state index contributed by atoms with van der Waals surface area (Å²) < 4.78 is 47.0. The minimum Gasteiger partial charge on any atom is -0.495 e. The van der Waals surface area contributed by atoms with Crippen LogP contribution in [-0.2, 0) is 10.0 Å². The number of carbonyl (C=O) groups is 1. The molecule has 4 rings (SSSR count). The molecule has 0 aliphatic heterocycles. The molecule has 2 N–H and O–H groups in total. The number of sulfonamides is 1. The summed E-state index contributed by atoms with van der Waals surface area (Å²) in [6.07, 6.45) is 0. The van der Waals surface area contributed by atoms with Crippen LogP contribution in [0.15, 0.2) is 71.1 Å². The molecule has 0 saturated heterocycles. The number of amides is 1. The predicted octanol–water partition coefficient (Wildman–Crippen LogP) is 4.50. The van der Waals surface area contributed by atoms with Crippen LogP contribution in [0.4, 0.5) is 15.8 Å². The van der Waals surface area contributed by atoms with Gasteiger partial charge in [0.1, 0.15) is 11.6 Å². The predicted molar refractivity (Wildman–Crippen MR) is 118 cm³/mol. The van der Waals surface area contributed by atoms with Crippen molar-refractivity contribution in [3.8, 4) is 5.75 Å². The molecule has 31 heavy (non-hydrogen) atoms. The maximum Gasteiger partial charge on any atom is 0.262 e. The Morgan fingerprint density at radius 3 is 2.58 bits per heavy atom. The quantitative estimate of drug-likeness (QED) is 0.444. The summed E-state index contributed by atoms with van der Waals surface area (Å²) in [6, 6.07) is 14.2. The third kappa shape index (κ3) is 4.49. The summed E-state index contributed by atoms with van der Waals surface area (Å²) in [5.41, 5.74) is 3.45. The lowest BCUT2D eigenvalue weighted by molar-refractivity contribution is 0.102. The van der Waals surface area contributed by atoms with E-state index in [2.05, 4.69) is 15.0 Å². The molecule has 0 spiro atoms. The Labute approximate surface area is 181 Å². The first-order valence-corrected chi connectivity index (χ1v) is 11.3. The third-order valence-corrected chi connectivity index (χ3v) is 6.59. The molecule has 0 bridgehead atoms. The van der Waals surface area contributed by atoms with Gasteiger partial charge in [-0.25, -0.2) is 17.8 Å². The zero-order valence-electron chi connectivity index (χ0n) is 16.1. The average molecular weight is 458 g/mol. The smallest absolute Gasteiger partial charge is 0.262 e. The van der Waals surface area contributed by atoms with Gasteiger partial charge in [0, 0.05) is 11.3 Å². The normalized spacial score (nSPS) is 11.3. The van der Waals surface area contributed by atoms with Crippen molar-refractivity contribution in [3.05, 3.63) is 77.6 Å². The van der Waals surface area contributed by atoms with Crippen LogP contribution >= 0.6 is 11.3 Å². The summed E-state index contributed by atoms with van der Waals surface area (Å²) in [5, 5.41) is 2.75. The zero-order valence-corrected chi connectivity index (χ0v) is 17.8. The Morgan fingerprint density at radius 2 is 1.84 bits per heavy atom. The maximum atomic E-state index is 13.1. The lowest BCUT2D eigenvalue weighted by atomic mass is 10.2. The van der Waals surface area contributed by atoms with Crippen LogP contribution in [0, 0.1) is 5.82 Å². The van der Waals surface area contributed by atoms with E-state index in [4.69, 9.17) is 4.74 Å². The molecule has 0 atom stereocenters. The molecular formula is C21H16FN3O4S2. The summed E-state index contributed by atoms with van der Waals surface area (Å²) in [4.78, 5) is 16.7. The van der Waals surface area contributed by atoms with Gasteiger partial charge < -0.3 is 10.1 Å². The molecule has 0 radical (unpaired) electrons. The highest BCUT2D eigenvalue weighted by molar-refractivity contribution is 7.92. The monoisotopic (exact) mass is 457 g/mol. The molecule has 1 heterocycles. The Kier molecular flexibility index (Phi) is 5.57. The molecule has 4 aromatic rings. The van der Waals surface area contributed by atoms with Crippen LogP contribution < -0.4 is 14.8 Å². The lowest BCUT2D eigenvalue weighted by Crippen LogP contribution is -2.15. The molecule has 0 aliphatic rings. The summed E-state index contributed by atoms with van der Waals surface area (Å²) >= 11 is 1.43. The molecule has 7 nitrogen and oxygen atoms in total. The van der Waals surface area contributed by atoms with Gasteiger partial charge in [-0.1, -0.05) is 0 Å². The molecule has 0 unspecified atom stereocenters. The fourth-order valence-corrected chi connectivity index (χ4v) is 4.66. The minimum atomic E-state index is -3.99. The van der Waals surface area contributed by atoms with Gasteiger partial charge in [-0.15, -0.1) is 11.3 Å². The number of nitrogens with one attached hydrogen (secondary N) is 2. The number of rotatable bonds is 6. The van der Waals surface area contributed by atoms with Crippen molar-refractivity contribution in [1.29, 1.82) is 0 Å². The van der Waals surface area contributed by atoms with Gasteiger partial charge in [-0.2, -0.15) is 0 Å². The highest BCUT2D eigenvalue weighted by atomic mass is 32.2. The molecule has 3 aromatic carbocycles. The summed E-state index contributed by atoms with van der Waals surface area (Å²) in [6.45, 7) is 0. The van der Waals surface area contributed by atoms with Gasteiger partial charge >= 0.3 is 0 Å². The van der Waals surface area contributed by atoms with Gasteiger partial charge in [0.2, 0.25) is 0 Å². The summed E-state index contributed by atoms with van der Waals surface area (Å²) in [5.74, 6) is -0.639. The summed E-state index contributed by atoms with van der Waals surface area (Å²) in [7, 11) is -2.60. The number of methoxy groups -OCH3 is 1. The molecular weight excluding hydrogens is 441 g/mol. The van der Waals surface area contributed by atoms with Crippen molar-refractivity contribution in [3.63, 3.8) is 0 Å². The number of anilines is 2. The lowest BCUT2D eigenvalue weighted by Gasteiger charge is -2.14. The topological polar surface area (TPSA) is 97.4 Å². The molecule has 0 fully saturated rings. The molecule has 1 amide bonds. The van der Waals surface area contributed by atoms with Gasteiger partial charge in [0.05, 0.1) is 33.4 Å². The molecule has 158 valence electrons. The van der Waals surface area contributed by atoms with E-state index in [1.807, 2.05) is 0 Å². The Morgan fingerprint density at radius 1 is 1.06 bits per heavy atom. The van der Waals surface area contributed by atoms with Crippen molar-refractivity contribution in [1.82, 2.24) is 4.98 Å². The van der Waals surface area contributed by atoms with Crippen LogP contribution in [-0.4, -0.2) is 26.4 Å². The second-order valence-corrected chi connectivity index (χ2v) is 9.03. The van der Waals surface area contributed by atoms with Crippen LogP contribution in [0.2, 0.25) is 0 Å². The Hall–Kier alpha value is -3.50. The Balaban J connectivity index is 1.59. The molecule has 0 aliphatic carbocycles. The fourth-order valence-electron chi connectivity index (χ4n) is 2.88. The second-order valence-electron chi connectivity index (χ2n) is 6.46. The zero-order chi connectivity index (χ0) is 22.0. The molecule has 1 aromatic heterocycles. The number of thiazole rings is 1. The first-order chi connectivity index (χ1) is 14.9. The number of carbonyl (C=O) groups excluding carboxylic acids is 1. The number of halogens is 1. The number of ether oxygens (including phenoxy) is 1. The van der Waals surface area contributed by atoms with Gasteiger partial charge in [0.15, 0.2) is 0 Å². The van der Waals surface area contributed by atoms with Crippen LogP contribution in [0.25, 0.3) is 10.2 Å². The maximum absolute atomic E-state index is 13.1. The molecule has 0 saturated carbocycles. The number of aromatic nitrogens is 1. The highest BCUT2D eigenvalue weighted by Crippen LogP contribution is 2.30. The number of hydrogen-bond acceptors (Lipinski definition) is 6. The third-order valence-electron chi connectivity index (χ3n) is 4.42. The van der Waals surface area contributed by atoms with Gasteiger partial charge in [-0.3, -0.25) is 9.52 Å². The van der Waals surface area contributed by atoms with Crippen LogP contribution in [0.1, 0.15) is 10.4 Å². The number of fused-ring (bicyclic) bond motifs is 1. The van der Waals surface area contributed by atoms with E-state index in [1.54, 1.807) is 29.8 Å². The number of hydrogen-bond donors (Lipinski definition) is 2.